The number of pyridine rings is 1. The second-order valence-corrected chi connectivity index (χ2v) is 6.82. The van der Waals surface area contributed by atoms with Gasteiger partial charge in [0.1, 0.15) is 17.3 Å². The molecule has 0 aliphatic carbocycles. The van der Waals surface area contributed by atoms with Crippen molar-refractivity contribution in [2.24, 2.45) is 10.7 Å². The van der Waals surface area contributed by atoms with Crippen LogP contribution in [0.3, 0.4) is 0 Å². The Kier molecular flexibility index (Phi) is 9.30. The molecule has 0 radical (unpaired) electrons. The number of hydrogen-bond acceptors (Lipinski definition) is 5. The van der Waals surface area contributed by atoms with Gasteiger partial charge in [-0.3, -0.25) is 0 Å². The fourth-order valence-corrected chi connectivity index (χ4v) is 3.26. The van der Waals surface area contributed by atoms with Gasteiger partial charge in [-0.2, -0.15) is 0 Å². The number of hydrogen-bond donors (Lipinski definition) is 2. The minimum Gasteiger partial charge on any atom is -0.497 e. The lowest BCUT2D eigenvalue weighted by atomic mass is 10.2. The van der Waals surface area contributed by atoms with Crippen molar-refractivity contribution in [2.45, 2.75) is 32.2 Å². The van der Waals surface area contributed by atoms with Crippen LogP contribution in [0.1, 0.15) is 31.2 Å². The van der Waals surface area contributed by atoms with Crippen LogP contribution in [0.5, 0.6) is 11.5 Å². The van der Waals surface area contributed by atoms with Crippen molar-refractivity contribution in [3.8, 4) is 11.5 Å². The van der Waals surface area contributed by atoms with Crippen molar-refractivity contribution in [3.05, 3.63) is 42.1 Å². The Hall–Kier alpha value is -2.23. The van der Waals surface area contributed by atoms with E-state index in [1.54, 1.807) is 14.2 Å². The zero-order chi connectivity index (χ0) is 19.8. The zero-order valence-corrected chi connectivity index (χ0v) is 19.4. The molecule has 7 nitrogen and oxygen atoms in total. The molecule has 0 atom stereocenters. The molecule has 1 saturated heterocycles. The van der Waals surface area contributed by atoms with Crippen LogP contribution in [-0.4, -0.2) is 38.3 Å². The first-order valence-corrected chi connectivity index (χ1v) is 9.68. The molecule has 3 N–H and O–H groups in total. The number of aromatic nitrogens is 1. The molecule has 29 heavy (non-hydrogen) atoms. The third-order valence-corrected chi connectivity index (χ3v) is 4.84. The van der Waals surface area contributed by atoms with Gasteiger partial charge in [-0.05, 0) is 36.6 Å². The van der Waals surface area contributed by atoms with Crippen molar-refractivity contribution in [3.63, 3.8) is 0 Å². The summed E-state index contributed by atoms with van der Waals surface area (Å²) in [6.07, 6.45) is 6.98. The quantitative estimate of drug-likeness (QED) is 0.346. The first-order valence-electron chi connectivity index (χ1n) is 9.68. The highest BCUT2D eigenvalue weighted by Crippen LogP contribution is 2.28. The highest BCUT2D eigenvalue weighted by molar-refractivity contribution is 14.0. The summed E-state index contributed by atoms with van der Waals surface area (Å²) in [7, 11) is 3.23. The molecule has 0 amide bonds. The number of aliphatic imine (C=N–C) groups is 1. The molecular formula is C21H30IN5O2. The van der Waals surface area contributed by atoms with E-state index in [9.17, 15) is 0 Å². The molecule has 0 bridgehead atoms. The molecule has 0 saturated carbocycles. The summed E-state index contributed by atoms with van der Waals surface area (Å²) in [5.41, 5.74) is 7.77. The van der Waals surface area contributed by atoms with Gasteiger partial charge in [0.15, 0.2) is 5.96 Å². The van der Waals surface area contributed by atoms with Gasteiger partial charge in [-0.25, -0.2) is 9.98 Å². The van der Waals surface area contributed by atoms with Crippen molar-refractivity contribution in [1.82, 2.24) is 4.98 Å². The van der Waals surface area contributed by atoms with Crippen molar-refractivity contribution in [2.75, 3.05) is 37.5 Å². The molecule has 0 unspecified atom stereocenters. The Bertz CT molecular complexity index is 790. The summed E-state index contributed by atoms with van der Waals surface area (Å²) in [4.78, 5) is 11.4. The topological polar surface area (TPSA) is 85.0 Å². The smallest absolute Gasteiger partial charge is 0.193 e. The van der Waals surface area contributed by atoms with Crippen LogP contribution in [0.4, 0.5) is 11.5 Å². The van der Waals surface area contributed by atoms with E-state index in [1.807, 2.05) is 24.4 Å². The normalized spacial score (nSPS) is 14.6. The molecule has 3 rings (SSSR count). The van der Waals surface area contributed by atoms with Gasteiger partial charge < -0.3 is 25.4 Å². The molecule has 1 aliphatic heterocycles. The van der Waals surface area contributed by atoms with E-state index in [2.05, 4.69) is 32.3 Å². The summed E-state index contributed by atoms with van der Waals surface area (Å²) in [5.74, 6) is 2.73. The number of benzene rings is 1. The standard InChI is InChI=1S/C21H29N5O2.HI/c1-27-17-8-9-19(28-2)18(13-17)25-21(22)24-15-16-7-10-20(23-14-16)26-11-5-3-4-6-12-26;/h7-10,13-14H,3-6,11-12,15H2,1-2H3,(H3,22,24,25);1H. The second-order valence-electron chi connectivity index (χ2n) is 6.82. The third-order valence-electron chi connectivity index (χ3n) is 4.84. The van der Waals surface area contributed by atoms with Crippen molar-refractivity contribution < 1.29 is 9.47 Å². The first-order chi connectivity index (χ1) is 13.7. The Labute approximate surface area is 189 Å². The molecule has 2 aromatic rings. The Morgan fingerprint density at radius 3 is 2.48 bits per heavy atom. The number of methoxy groups -OCH3 is 2. The van der Waals surface area contributed by atoms with E-state index in [-0.39, 0.29) is 24.0 Å². The van der Waals surface area contributed by atoms with Gasteiger partial charge in [-0.15, -0.1) is 24.0 Å². The minimum atomic E-state index is 0. The Morgan fingerprint density at radius 1 is 1.10 bits per heavy atom. The van der Waals surface area contributed by atoms with Gasteiger partial charge in [0.25, 0.3) is 0 Å². The molecule has 0 spiro atoms. The number of ether oxygens (including phenoxy) is 2. The van der Waals surface area contributed by atoms with Gasteiger partial charge in [0.05, 0.1) is 26.5 Å². The van der Waals surface area contributed by atoms with E-state index in [0.29, 0.717) is 29.7 Å². The van der Waals surface area contributed by atoms with Crippen LogP contribution < -0.4 is 25.4 Å². The molecule has 2 heterocycles. The zero-order valence-electron chi connectivity index (χ0n) is 17.1. The number of anilines is 2. The Balaban J connectivity index is 0.00000300. The van der Waals surface area contributed by atoms with Crippen LogP contribution in [0.25, 0.3) is 0 Å². The largest absolute Gasteiger partial charge is 0.497 e. The summed E-state index contributed by atoms with van der Waals surface area (Å²) < 4.78 is 10.6. The van der Waals surface area contributed by atoms with Gasteiger partial charge in [0.2, 0.25) is 0 Å². The molecule has 1 aromatic heterocycles. The van der Waals surface area contributed by atoms with Crippen molar-refractivity contribution >= 4 is 41.4 Å². The number of guanidine groups is 1. The second kappa shape index (κ2) is 11.7. The number of rotatable bonds is 6. The third kappa shape index (κ3) is 6.66. The van der Waals surface area contributed by atoms with E-state index < -0.39 is 0 Å². The van der Waals surface area contributed by atoms with Crippen LogP contribution in [0.2, 0.25) is 0 Å². The number of halogens is 1. The van der Waals surface area contributed by atoms with E-state index >= 15 is 0 Å². The molecular weight excluding hydrogens is 481 g/mol. The lowest BCUT2D eigenvalue weighted by molar-refractivity contribution is 0.405. The highest BCUT2D eigenvalue weighted by atomic mass is 127. The summed E-state index contributed by atoms with van der Waals surface area (Å²) >= 11 is 0. The number of nitrogens with one attached hydrogen (secondary N) is 1. The first kappa shape index (κ1) is 23.1. The summed E-state index contributed by atoms with van der Waals surface area (Å²) in [6.45, 7) is 2.63. The van der Waals surface area contributed by atoms with Gasteiger partial charge >= 0.3 is 0 Å². The van der Waals surface area contributed by atoms with Crippen LogP contribution in [0.15, 0.2) is 41.5 Å². The molecule has 1 fully saturated rings. The highest BCUT2D eigenvalue weighted by Gasteiger charge is 2.11. The monoisotopic (exact) mass is 511 g/mol. The van der Waals surface area contributed by atoms with Gasteiger partial charge in [0, 0.05) is 25.4 Å². The van der Waals surface area contributed by atoms with E-state index in [1.165, 1.54) is 25.7 Å². The molecule has 158 valence electrons. The average Bonchev–Trinajstić information content (AvgIpc) is 3.02. The maximum Gasteiger partial charge on any atom is 0.193 e. The minimum absolute atomic E-state index is 0. The lowest BCUT2D eigenvalue weighted by Crippen LogP contribution is -2.24. The SMILES string of the molecule is COc1ccc(OC)c(NC(N)=NCc2ccc(N3CCCCCC3)nc2)c1.I. The van der Waals surface area contributed by atoms with Gasteiger partial charge in [-0.1, -0.05) is 18.9 Å². The molecule has 1 aliphatic rings. The average molecular weight is 511 g/mol. The predicted molar refractivity (Wildman–Crippen MR) is 129 cm³/mol. The fraction of sp³-hybridized carbons (Fsp3) is 0.429. The number of nitrogens with two attached hydrogens (primary N) is 1. The summed E-state index contributed by atoms with van der Waals surface area (Å²) in [5, 5.41) is 3.07. The number of nitrogens with zero attached hydrogens (tertiary/aromatic N) is 3. The summed E-state index contributed by atoms with van der Waals surface area (Å²) in [6, 6.07) is 9.61. The fourth-order valence-electron chi connectivity index (χ4n) is 3.26. The van der Waals surface area contributed by atoms with E-state index in [4.69, 9.17) is 15.2 Å². The van der Waals surface area contributed by atoms with Crippen LogP contribution >= 0.6 is 24.0 Å². The van der Waals surface area contributed by atoms with Crippen LogP contribution in [-0.2, 0) is 6.54 Å². The maximum atomic E-state index is 6.05. The molecule has 8 heteroatoms. The Morgan fingerprint density at radius 2 is 1.86 bits per heavy atom. The van der Waals surface area contributed by atoms with Crippen LogP contribution in [0, 0.1) is 0 Å². The lowest BCUT2D eigenvalue weighted by Gasteiger charge is -2.21. The molecule has 1 aromatic carbocycles. The maximum absolute atomic E-state index is 6.05. The van der Waals surface area contributed by atoms with E-state index in [0.717, 1.165) is 24.5 Å². The van der Waals surface area contributed by atoms with Crippen molar-refractivity contribution in [1.29, 1.82) is 0 Å². The predicted octanol–water partition coefficient (Wildman–Crippen LogP) is 4.02.